The summed E-state index contributed by atoms with van der Waals surface area (Å²) in [6.45, 7) is 3.52. The SMILES string of the molecule is COCC1(C)Oc2ccc(C(=O)OC)cc2C(OC2CCC(=O)C2)C1(C)O. The van der Waals surface area contributed by atoms with Gasteiger partial charge in [-0.15, -0.1) is 0 Å². The monoisotopic (exact) mass is 378 g/mol. The fraction of sp³-hybridized carbons (Fsp3) is 0.600. The summed E-state index contributed by atoms with van der Waals surface area (Å²) in [5, 5.41) is 11.4. The fourth-order valence-corrected chi connectivity index (χ4v) is 3.76. The van der Waals surface area contributed by atoms with Crippen LogP contribution in [0.25, 0.3) is 0 Å². The molecule has 1 heterocycles. The molecule has 0 bridgehead atoms. The molecule has 0 radical (unpaired) electrons. The molecule has 0 saturated heterocycles. The third-order valence-electron chi connectivity index (χ3n) is 5.58. The summed E-state index contributed by atoms with van der Waals surface area (Å²) in [7, 11) is 2.84. The molecule has 1 aromatic rings. The van der Waals surface area contributed by atoms with E-state index in [0.717, 1.165) is 0 Å². The van der Waals surface area contributed by atoms with Crippen molar-refractivity contribution in [1.82, 2.24) is 0 Å². The Morgan fingerprint density at radius 1 is 1.33 bits per heavy atom. The Balaban J connectivity index is 2.05. The van der Waals surface area contributed by atoms with E-state index in [0.29, 0.717) is 36.1 Å². The van der Waals surface area contributed by atoms with Gasteiger partial charge in [-0.05, 0) is 38.5 Å². The molecule has 0 amide bonds. The van der Waals surface area contributed by atoms with Gasteiger partial charge < -0.3 is 24.1 Å². The van der Waals surface area contributed by atoms with Crippen molar-refractivity contribution in [1.29, 1.82) is 0 Å². The number of hydrogen-bond acceptors (Lipinski definition) is 7. The standard InChI is InChI=1S/C20H26O7/c1-19(11-24-3)20(2,23)17(26-14-7-6-13(21)10-14)15-9-12(18(22)25-4)5-8-16(15)27-19/h5,8-9,14,17,23H,6-7,10-11H2,1-4H3. The Bertz CT molecular complexity index is 742. The number of fused-ring (bicyclic) bond motifs is 1. The van der Waals surface area contributed by atoms with Crippen LogP contribution in [-0.2, 0) is 19.0 Å². The van der Waals surface area contributed by atoms with E-state index in [2.05, 4.69) is 0 Å². The van der Waals surface area contributed by atoms with Crippen LogP contribution in [0.5, 0.6) is 5.75 Å². The van der Waals surface area contributed by atoms with Crippen LogP contribution >= 0.6 is 0 Å². The van der Waals surface area contributed by atoms with Gasteiger partial charge in [-0.25, -0.2) is 4.79 Å². The number of methoxy groups -OCH3 is 2. The number of carbonyl (C=O) groups is 2. The molecule has 3 rings (SSSR count). The number of esters is 1. The predicted molar refractivity (Wildman–Crippen MR) is 95.8 cm³/mol. The van der Waals surface area contributed by atoms with Crippen molar-refractivity contribution in [3.63, 3.8) is 0 Å². The number of hydrogen-bond donors (Lipinski definition) is 1. The zero-order valence-electron chi connectivity index (χ0n) is 16.1. The molecule has 4 unspecified atom stereocenters. The minimum absolute atomic E-state index is 0.141. The van der Waals surface area contributed by atoms with E-state index in [9.17, 15) is 14.7 Å². The van der Waals surface area contributed by atoms with Crippen molar-refractivity contribution in [2.24, 2.45) is 0 Å². The summed E-state index contributed by atoms with van der Waals surface area (Å²) >= 11 is 0. The Hall–Kier alpha value is -1.96. The van der Waals surface area contributed by atoms with Gasteiger partial charge in [0.1, 0.15) is 23.2 Å². The van der Waals surface area contributed by atoms with Crippen LogP contribution in [0, 0.1) is 0 Å². The molecular formula is C20H26O7. The second-order valence-corrected chi connectivity index (χ2v) is 7.58. The van der Waals surface area contributed by atoms with Gasteiger partial charge >= 0.3 is 5.97 Å². The second kappa shape index (κ2) is 7.22. The average Bonchev–Trinajstić information content (AvgIpc) is 3.03. The highest BCUT2D eigenvalue weighted by Crippen LogP contribution is 2.49. The molecular weight excluding hydrogens is 352 g/mol. The second-order valence-electron chi connectivity index (χ2n) is 7.58. The van der Waals surface area contributed by atoms with Crippen LogP contribution < -0.4 is 4.74 Å². The third kappa shape index (κ3) is 3.47. The lowest BCUT2D eigenvalue weighted by molar-refractivity contribution is -0.229. The van der Waals surface area contributed by atoms with E-state index >= 15 is 0 Å². The molecule has 4 atom stereocenters. The van der Waals surface area contributed by atoms with Crippen molar-refractivity contribution in [2.75, 3.05) is 20.8 Å². The topological polar surface area (TPSA) is 91.3 Å². The zero-order valence-corrected chi connectivity index (χ0v) is 16.1. The molecule has 1 aromatic carbocycles. The molecule has 7 heteroatoms. The number of aliphatic hydroxyl groups is 1. The molecule has 1 N–H and O–H groups in total. The summed E-state index contributed by atoms with van der Waals surface area (Å²) < 4.78 is 22.4. The maximum atomic E-state index is 12.0. The van der Waals surface area contributed by atoms with Crippen LogP contribution in [0.1, 0.15) is 55.1 Å². The van der Waals surface area contributed by atoms with Gasteiger partial charge in [0.15, 0.2) is 5.60 Å². The molecule has 7 nitrogen and oxygen atoms in total. The quantitative estimate of drug-likeness (QED) is 0.786. The number of rotatable bonds is 5. The lowest BCUT2D eigenvalue weighted by Crippen LogP contribution is -2.63. The number of carbonyl (C=O) groups excluding carboxylic acids is 2. The molecule has 1 fully saturated rings. The number of Topliss-reactive ketones (excluding diaryl/α,β-unsaturated/α-hetero) is 1. The number of benzene rings is 1. The van der Waals surface area contributed by atoms with E-state index in [-0.39, 0.29) is 18.5 Å². The molecule has 0 aromatic heterocycles. The molecule has 2 aliphatic rings. The lowest BCUT2D eigenvalue weighted by atomic mass is 9.76. The Morgan fingerprint density at radius 2 is 2.07 bits per heavy atom. The van der Waals surface area contributed by atoms with E-state index in [4.69, 9.17) is 18.9 Å². The van der Waals surface area contributed by atoms with Gasteiger partial charge in [-0.3, -0.25) is 4.79 Å². The molecule has 1 saturated carbocycles. The summed E-state index contributed by atoms with van der Waals surface area (Å²) in [6, 6.07) is 4.89. The van der Waals surface area contributed by atoms with Crippen molar-refractivity contribution in [2.45, 2.75) is 56.5 Å². The summed E-state index contributed by atoms with van der Waals surface area (Å²) in [5.41, 5.74) is -1.65. The Morgan fingerprint density at radius 3 is 2.67 bits per heavy atom. The van der Waals surface area contributed by atoms with Gasteiger partial charge in [-0.1, -0.05) is 0 Å². The van der Waals surface area contributed by atoms with Gasteiger partial charge in [0.25, 0.3) is 0 Å². The first-order chi connectivity index (χ1) is 12.7. The van der Waals surface area contributed by atoms with Crippen molar-refractivity contribution in [3.8, 4) is 5.75 Å². The molecule has 148 valence electrons. The van der Waals surface area contributed by atoms with E-state index < -0.39 is 23.3 Å². The van der Waals surface area contributed by atoms with E-state index in [1.54, 1.807) is 32.0 Å². The van der Waals surface area contributed by atoms with E-state index in [1.807, 2.05) is 0 Å². The highest BCUT2D eigenvalue weighted by atomic mass is 16.6. The highest BCUT2D eigenvalue weighted by molar-refractivity contribution is 5.89. The normalized spacial score (nSPS) is 32.7. The van der Waals surface area contributed by atoms with Gasteiger partial charge in [0.2, 0.25) is 0 Å². The molecule has 27 heavy (non-hydrogen) atoms. The number of ketones is 1. The first-order valence-corrected chi connectivity index (χ1v) is 9.01. The summed E-state index contributed by atoms with van der Waals surface area (Å²) in [4.78, 5) is 23.6. The summed E-state index contributed by atoms with van der Waals surface area (Å²) in [5.74, 6) is 0.162. The molecule has 1 aliphatic heterocycles. The number of ether oxygens (including phenoxy) is 4. The van der Waals surface area contributed by atoms with Crippen LogP contribution in [0.4, 0.5) is 0 Å². The Kier molecular flexibility index (Phi) is 5.29. The first kappa shape index (κ1) is 19.8. The van der Waals surface area contributed by atoms with E-state index in [1.165, 1.54) is 14.2 Å². The zero-order chi connectivity index (χ0) is 19.8. The summed E-state index contributed by atoms with van der Waals surface area (Å²) in [6.07, 6.45) is 0.329. The van der Waals surface area contributed by atoms with Gasteiger partial charge in [0, 0.05) is 25.5 Å². The van der Waals surface area contributed by atoms with Crippen LogP contribution in [0.15, 0.2) is 18.2 Å². The van der Waals surface area contributed by atoms with Crippen molar-refractivity contribution < 1.29 is 33.6 Å². The minimum Gasteiger partial charge on any atom is -0.482 e. The molecule has 0 spiro atoms. The highest BCUT2D eigenvalue weighted by Gasteiger charge is 2.57. The predicted octanol–water partition coefficient (Wildman–Crippen LogP) is 2.20. The van der Waals surface area contributed by atoms with Gasteiger partial charge in [-0.2, -0.15) is 0 Å². The fourth-order valence-electron chi connectivity index (χ4n) is 3.76. The van der Waals surface area contributed by atoms with Crippen LogP contribution in [0.2, 0.25) is 0 Å². The van der Waals surface area contributed by atoms with Gasteiger partial charge in [0.05, 0.1) is 25.4 Å². The molecule has 1 aliphatic carbocycles. The van der Waals surface area contributed by atoms with Crippen LogP contribution in [0.3, 0.4) is 0 Å². The average molecular weight is 378 g/mol. The van der Waals surface area contributed by atoms with Crippen LogP contribution in [-0.4, -0.2) is 55.0 Å². The minimum atomic E-state index is -1.46. The maximum absolute atomic E-state index is 12.0. The lowest BCUT2D eigenvalue weighted by Gasteiger charge is -2.51. The van der Waals surface area contributed by atoms with Crippen molar-refractivity contribution in [3.05, 3.63) is 29.3 Å². The third-order valence-corrected chi connectivity index (χ3v) is 5.58. The largest absolute Gasteiger partial charge is 0.482 e. The maximum Gasteiger partial charge on any atom is 0.337 e. The first-order valence-electron chi connectivity index (χ1n) is 9.01. The van der Waals surface area contributed by atoms with Crippen molar-refractivity contribution >= 4 is 11.8 Å². The Labute approximate surface area is 158 Å². The smallest absolute Gasteiger partial charge is 0.337 e.